The van der Waals surface area contributed by atoms with Gasteiger partial charge in [-0.15, -0.1) is 0 Å². The highest BCUT2D eigenvalue weighted by Crippen LogP contribution is 2.10. The second-order valence-corrected chi connectivity index (χ2v) is 3.57. The third-order valence-corrected chi connectivity index (χ3v) is 2.05. The maximum Gasteiger partial charge on any atom is 0.251 e. The van der Waals surface area contributed by atoms with Gasteiger partial charge in [-0.3, -0.25) is 4.79 Å². The van der Waals surface area contributed by atoms with Crippen molar-refractivity contribution in [2.24, 2.45) is 0 Å². The summed E-state index contributed by atoms with van der Waals surface area (Å²) in [5.74, 6) is 0.869. The fraction of sp³-hybridized carbons (Fsp3) is 0.0833. The predicted molar refractivity (Wildman–Crippen MR) is 66.5 cm³/mol. The number of anilines is 1. The average molecular weight is 241 g/mol. The molecule has 6 nitrogen and oxygen atoms in total. The number of hydrogen-bond donors (Lipinski definition) is 1. The normalized spacial score (nSPS) is 9.83. The molecule has 0 aliphatic heterocycles. The summed E-state index contributed by atoms with van der Waals surface area (Å²) in [6.07, 6.45) is 4.74. The van der Waals surface area contributed by atoms with Gasteiger partial charge in [0, 0.05) is 24.2 Å². The minimum atomic E-state index is -0.284. The molecule has 0 aliphatic carbocycles. The van der Waals surface area contributed by atoms with Crippen molar-refractivity contribution in [3.63, 3.8) is 0 Å². The van der Waals surface area contributed by atoms with Gasteiger partial charge in [-0.05, 0) is 19.1 Å². The van der Waals surface area contributed by atoms with Crippen molar-refractivity contribution in [2.45, 2.75) is 6.92 Å². The lowest BCUT2D eigenvalue weighted by Crippen LogP contribution is -2.13. The fourth-order valence-corrected chi connectivity index (χ4v) is 1.17. The van der Waals surface area contributed by atoms with E-state index in [0.717, 1.165) is 0 Å². The number of nitrogens with zero attached hydrogens (tertiary/aromatic N) is 4. The summed E-state index contributed by atoms with van der Waals surface area (Å²) in [5.41, 5.74) is 0.408. The summed E-state index contributed by atoms with van der Waals surface area (Å²) < 4.78 is 0. The maximum atomic E-state index is 11.5. The smallest absolute Gasteiger partial charge is 0.251 e. The van der Waals surface area contributed by atoms with Crippen LogP contribution in [0.1, 0.15) is 6.92 Å². The van der Waals surface area contributed by atoms with Gasteiger partial charge in [0.1, 0.15) is 5.82 Å². The van der Waals surface area contributed by atoms with Crippen molar-refractivity contribution in [2.75, 3.05) is 5.32 Å². The lowest BCUT2D eigenvalue weighted by Gasteiger charge is -2.04. The Labute approximate surface area is 104 Å². The van der Waals surface area contributed by atoms with Crippen molar-refractivity contribution in [1.29, 1.82) is 0 Å². The number of carbonyl (C=O) groups is 1. The molecule has 0 aromatic carbocycles. The number of nitrogens with one attached hydrogen (secondary N) is 1. The Bertz CT molecular complexity index is 582. The van der Waals surface area contributed by atoms with E-state index in [2.05, 4.69) is 31.8 Å². The van der Waals surface area contributed by atoms with Gasteiger partial charge in [0.15, 0.2) is 11.6 Å². The molecule has 0 atom stereocenters. The van der Waals surface area contributed by atoms with Crippen LogP contribution in [0.5, 0.6) is 0 Å². The zero-order valence-corrected chi connectivity index (χ0v) is 9.79. The molecule has 0 fully saturated rings. The first-order valence-corrected chi connectivity index (χ1v) is 5.24. The molecule has 0 bridgehead atoms. The SMILES string of the molecule is C=C(C)C(=O)Nc1ccnc(-c2ncccn2)n1. The third-order valence-electron chi connectivity index (χ3n) is 2.05. The minimum absolute atomic E-state index is 0.284. The second kappa shape index (κ2) is 5.13. The highest BCUT2D eigenvalue weighted by Gasteiger charge is 2.07. The first-order valence-electron chi connectivity index (χ1n) is 5.24. The van der Waals surface area contributed by atoms with Crippen LogP contribution in [-0.4, -0.2) is 25.8 Å². The molecule has 2 rings (SSSR count). The van der Waals surface area contributed by atoms with Crippen LogP contribution >= 0.6 is 0 Å². The van der Waals surface area contributed by atoms with Crippen LogP contribution in [-0.2, 0) is 4.79 Å². The van der Waals surface area contributed by atoms with Gasteiger partial charge in [-0.25, -0.2) is 19.9 Å². The fourth-order valence-electron chi connectivity index (χ4n) is 1.17. The van der Waals surface area contributed by atoms with Crippen LogP contribution in [0.4, 0.5) is 5.82 Å². The standard InChI is InChI=1S/C12H11N5O/c1-8(2)12(18)17-9-4-7-15-11(16-9)10-13-5-3-6-14-10/h3-7H,1H2,2H3,(H,15,16,17,18). The molecule has 0 spiro atoms. The largest absolute Gasteiger partial charge is 0.307 e. The van der Waals surface area contributed by atoms with E-state index in [-0.39, 0.29) is 5.91 Å². The van der Waals surface area contributed by atoms with E-state index in [9.17, 15) is 4.79 Å². The Kier molecular flexibility index (Phi) is 3.38. The number of aromatic nitrogens is 4. The average Bonchev–Trinajstić information content (AvgIpc) is 2.40. The molecule has 1 N–H and O–H groups in total. The first-order chi connectivity index (χ1) is 8.66. The van der Waals surface area contributed by atoms with E-state index in [4.69, 9.17) is 0 Å². The molecule has 18 heavy (non-hydrogen) atoms. The summed E-state index contributed by atoms with van der Waals surface area (Å²) in [6, 6.07) is 3.30. The minimum Gasteiger partial charge on any atom is -0.307 e. The van der Waals surface area contributed by atoms with Crippen LogP contribution in [0.15, 0.2) is 42.9 Å². The Balaban J connectivity index is 2.26. The number of amides is 1. The third kappa shape index (κ3) is 2.73. The highest BCUT2D eigenvalue weighted by molar-refractivity contribution is 6.02. The topological polar surface area (TPSA) is 80.7 Å². The molecule has 6 heteroatoms. The van der Waals surface area contributed by atoms with E-state index in [1.54, 1.807) is 31.5 Å². The molecule has 2 aromatic rings. The maximum absolute atomic E-state index is 11.5. The van der Waals surface area contributed by atoms with E-state index in [1.165, 1.54) is 6.20 Å². The van der Waals surface area contributed by atoms with Crippen LogP contribution in [0, 0.1) is 0 Å². The lowest BCUT2D eigenvalue weighted by atomic mass is 10.3. The van der Waals surface area contributed by atoms with Crippen molar-refractivity contribution in [1.82, 2.24) is 19.9 Å². The molecule has 2 aromatic heterocycles. The van der Waals surface area contributed by atoms with E-state index < -0.39 is 0 Å². The van der Waals surface area contributed by atoms with Crippen LogP contribution < -0.4 is 5.32 Å². The molecular weight excluding hydrogens is 230 g/mol. The van der Waals surface area contributed by atoms with Gasteiger partial charge in [0.2, 0.25) is 0 Å². The Hall–Kier alpha value is -2.63. The van der Waals surface area contributed by atoms with Crippen molar-refractivity contribution in [3.8, 4) is 11.6 Å². The van der Waals surface area contributed by atoms with Crippen molar-refractivity contribution < 1.29 is 4.79 Å². The first kappa shape index (κ1) is 11.8. The molecule has 0 unspecified atom stereocenters. The molecule has 0 aliphatic rings. The van der Waals surface area contributed by atoms with Gasteiger partial charge >= 0.3 is 0 Å². The van der Waals surface area contributed by atoms with E-state index >= 15 is 0 Å². The quantitative estimate of drug-likeness (QED) is 0.822. The van der Waals surface area contributed by atoms with E-state index in [0.29, 0.717) is 23.0 Å². The second-order valence-electron chi connectivity index (χ2n) is 3.57. The summed E-state index contributed by atoms with van der Waals surface area (Å²) in [7, 11) is 0. The lowest BCUT2D eigenvalue weighted by molar-refractivity contribution is -0.112. The van der Waals surface area contributed by atoms with Gasteiger partial charge in [-0.2, -0.15) is 0 Å². The zero-order chi connectivity index (χ0) is 13.0. The number of rotatable bonds is 3. The summed E-state index contributed by atoms with van der Waals surface area (Å²) in [5, 5.41) is 2.61. The van der Waals surface area contributed by atoms with Gasteiger partial charge in [0.25, 0.3) is 5.91 Å². The Morgan fingerprint density at radius 1 is 1.17 bits per heavy atom. The number of hydrogen-bond acceptors (Lipinski definition) is 5. The summed E-state index contributed by atoms with van der Waals surface area (Å²) in [6.45, 7) is 5.17. The molecule has 1 amide bonds. The monoisotopic (exact) mass is 241 g/mol. The van der Waals surface area contributed by atoms with Crippen molar-refractivity contribution in [3.05, 3.63) is 42.9 Å². The predicted octanol–water partition coefficient (Wildman–Crippen LogP) is 1.45. The molecule has 90 valence electrons. The molecule has 0 radical (unpaired) electrons. The van der Waals surface area contributed by atoms with Gasteiger partial charge in [0.05, 0.1) is 0 Å². The van der Waals surface area contributed by atoms with Crippen molar-refractivity contribution >= 4 is 11.7 Å². The van der Waals surface area contributed by atoms with E-state index in [1.807, 2.05) is 0 Å². The summed E-state index contributed by atoms with van der Waals surface area (Å²) in [4.78, 5) is 27.7. The summed E-state index contributed by atoms with van der Waals surface area (Å²) >= 11 is 0. The van der Waals surface area contributed by atoms with Crippen LogP contribution in [0.25, 0.3) is 11.6 Å². The number of carbonyl (C=O) groups excluding carboxylic acids is 1. The Morgan fingerprint density at radius 2 is 1.83 bits per heavy atom. The van der Waals surface area contributed by atoms with Gasteiger partial charge in [-0.1, -0.05) is 6.58 Å². The highest BCUT2D eigenvalue weighted by atomic mass is 16.1. The molecule has 2 heterocycles. The van der Waals surface area contributed by atoms with Gasteiger partial charge < -0.3 is 5.32 Å². The Morgan fingerprint density at radius 3 is 2.50 bits per heavy atom. The van der Waals surface area contributed by atoms with Crippen LogP contribution in [0.3, 0.4) is 0 Å². The van der Waals surface area contributed by atoms with Crippen LogP contribution in [0.2, 0.25) is 0 Å². The zero-order valence-electron chi connectivity index (χ0n) is 9.79. The molecular formula is C12H11N5O. The molecule has 0 saturated heterocycles. The molecule has 0 saturated carbocycles.